The fourth-order valence-corrected chi connectivity index (χ4v) is 2.54. The van der Waals surface area contributed by atoms with Crippen LogP contribution in [-0.2, 0) is 9.59 Å². The van der Waals surface area contributed by atoms with Gasteiger partial charge in [-0.2, -0.15) is 0 Å². The first-order chi connectivity index (χ1) is 10.3. The van der Waals surface area contributed by atoms with Crippen LogP contribution >= 0.6 is 0 Å². The molecule has 1 aliphatic carbocycles. The van der Waals surface area contributed by atoms with Crippen molar-refractivity contribution in [1.82, 2.24) is 5.32 Å². The van der Waals surface area contributed by atoms with Gasteiger partial charge in [0.15, 0.2) is 5.60 Å². The van der Waals surface area contributed by atoms with E-state index in [1.807, 2.05) is 0 Å². The van der Waals surface area contributed by atoms with E-state index in [0.717, 1.165) is 0 Å². The number of carbonyl (C=O) groups is 2. The molecule has 1 aromatic carbocycles. The Morgan fingerprint density at radius 1 is 1.27 bits per heavy atom. The predicted molar refractivity (Wildman–Crippen MR) is 78.0 cm³/mol. The van der Waals surface area contributed by atoms with Gasteiger partial charge in [0.1, 0.15) is 11.6 Å². The van der Waals surface area contributed by atoms with E-state index in [-0.39, 0.29) is 17.8 Å². The number of carboxylic acid groups (broad SMARTS) is 1. The van der Waals surface area contributed by atoms with Gasteiger partial charge in [-0.05, 0) is 57.4 Å². The molecule has 1 aliphatic rings. The molecule has 0 heterocycles. The van der Waals surface area contributed by atoms with Gasteiger partial charge < -0.3 is 15.2 Å². The molecule has 0 bridgehead atoms. The van der Waals surface area contributed by atoms with Crippen molar-refractivity contribution in [3.05, 3.63) is 30.1 Å². The van der Waals surface area contributed by atoms with Crippen molar-refractivity contribution in [1.29, 1.82) is 0 Å². The number of benzene rings is 1. The average molecular weight is 309 g/mol. The van der Waals surface area contributed by atoms with Gasteiger partial charge in [-0.25, -0.2) is 4.39 Å². The van der Waals surface area contributed by atoms with E-state index in [0.29, 0.717) is 25.0 Å². The number of hydrogen-bond acceptors (Lipinski definition) is 3. The Labute approximate surface area is 128 Å². The quantitative estimate of drug-likeness (QED) is 0.875. The number of rotatable bonds is 5. The lowest BCUT2D eigenvalue weighted by Gasteiger charge is -2.27. The molecular weight excluding hydrogens is 289 g/mol. The first-order valence-corrected chi connectivity index (χ1v) is 7.26. The van der Waals surface area contributed by atoms with Crippen molar-refractivity contribution in [3.8, 4) is 5.75 Å². The van der Waals surface area contributed by atoms with E-state index < -0.39 is 17.5 Å². The Kier molecular flexibility index (Phi) is 4.68. The summed E-state index contributed by atoms with van der Waals surface area (Å²) in [7, 11) is 0. The van der Waals surface area contributed by atoms with E-state index in [2.05, 4.69) is 5.32 Å². The lowest BCUT2D eigenvalue weighted by atomic mass is 10.1. The van der Waals surface area contributed by atoms with Gasteiger partial charge >= 0.3 is 5.97 Å². The third-order valence-electron chi connectivity index (χ3n) is 3.85. The molecule has 2 N–H and O–H groups in total. The van der Waals surface area contributed by atoms with Crippen LogP contribution < -0.4 is 10.1 Å². The van der Waals surface area contributed by atoms with Gasteiger partial charge in [-0.1, -0.05) is 0 Å². The molecule has 0 aromatic heterocycles. The molecule has 120 valence electrons. The SMILES string of the molecule is CC(C)(Oc1ccc(F)cc1)C(=O)N[C@H]1CC[C@@H](C(=O)O)C1. The third kappa shape index (κ3) is 3.96. The summed E-state index contributed by atoms with van der Waals surface area (Å²) in [5.74, 6) is -1.51. The Morgan fingerprint density at radius 3 is 2.45 bits per heavy atom. The number of aliphatic carboxylic acids is 1. The maximum atomic E-state index is 12.9. The summed E-state index contributed by atoms with van der Waals surface area (Å²) in [6.07, 6.45) is 1.66. The number of halogens is 1. The van der Waals surface area contributed by atoms with E-state index in [4.69, 9.17) is 9.84 Å². The van der Waals surface area contributed by atoms with Gasteiger partial charge in [-0.15, -0.1) is 0 Å². The van der Waals surface area contributed by atoms with Crippen molar-refractivity contribution in [2.24, 2.45) is 5.92 Å². The average Bonchev–Trinajstić information content (AvgIpc) is 2.90. The summed E-state index contributed by atoms with van der Waals surface area (Å²) in [5.41, 5.74) is -1.13. The van der Waals surface area contributed by atoms with Gasteiger partial charge in [0.25, 0.3) is 5.91 Å². The monoisotopic (exact) mass is 309 g/mol. The maximum absolute atomic E-state index is 12.9. The van der Waals surface area contributed by atoms with Gasteiger partial charge in [0.2, 0.25) is 0 Å². The lowest BCUT2D eigenvalue weighted by Crippen LogP contribution is -2.49. The Bertz CT molecular complexity index is 556. The molecule has 2 rings (SSSR count). The summed E-state index contributed by atoms with van der Waals surface area (Å²) in [6.45, 7) is 3.24. The zero-order chi connectivity index (χ0) is 16.3. The first kappa shape index (κ1) is 16.3. The van der Waals surface area contributed by atoms with E-state index in [1.165, 1.54) is 24.3 Å². The molecule has 0 spiro atoms. The van der Waals surface area contributed by atoms with E-state index in [9.17, 15) is 14.0 Å². The minimum Gasteiger partial charge on any atom is -0.481 e. The van der Waals surface area contributed by atoms with Crippen LogP contribution in [-0.4, -0.2) is 28.6 Å². The molecule has 0 aliphatic heterocycles. The second kappa shape index (κ2) is 6.34. The molecule has 22 heavy (non-hydrogen) atoms. The van der Waals surface area contributed by atoms with Crippen molar-refractivity contribution in [2.45, 2.75) is 44.8 Å². The number of carboxylic acids is 1. The zero-order valence-electron chi connectivity index (χ0n) is 12.6. The molecule has 1 fully saturated rings. The van der Waals surface area contributed by atoms with Crippen LogP contribution in [0.25, 0.3) is 0 Å². The Morgan fingerprint density at radius 2 is 1.91 bits per heavy atom. The minimum absolute atomic E-state index is 0.148. The fraction of sp³-hybridized carbons (Fsp3) is 0.500. The van der Waals surface area contributed by atoms with Crippen molar-refractivity contribution in [2.75, 3.05) is 0 Å². The summed E-state index contributed by atoms with van der Waals surface area (Å²) >= 11 is 0. The Balaban J connectivity index is 1.93. The second-order valence-corrected chi connectivity index (χ2v) is 6.08. The normalized spacial score (nSPS) is 21.4. The van der Waals surface area contributed by atoms with Gasteiger partial charge in [-0.3, -0.25) is 9.59 Å². The smallest absolute Gasteiger partial charge is 0.306 e. The number of hydrogen-bond donors (Lipinski definition) is 2. The second-order valence-electron chi connectivity index (χ2n) is 6.08. The van der Waals surface area contributed by atoms with Crippen molar-refractivity contribution < 1.29 is 23.8 Å². The van der Waals surface area contributed by atoms with Crippen molar-refractivity contribution >= 4 is 11.9 Å². The molecule has 0 unspecified atom stereocenters. The molecule has 2 atom stereocenters. The van der Waals surface area contributed by atoms with Gasteiger partial charge in [0, 0.05) is 6.04 Å². The molecule has 5 nitrogen and oxygen atoms in total. The molecule has 1 aromatic rings. The number of nitrogens with one attached hydrogen (secondary N) is 1. The van der Waals surface area contributed by atoms with Crippen LogP contribution in [0.1, 0.15) is 33.1 Å². The maximum Gasteiger partial charge on any atom is 0.306 e. The summed E-state index contributed by atoms with van der Waals surface area (Å²) in [4.78, 5) is 23.2. The largest absolute Gasteiger partial charge is 0.481 e. The highest BCUT2D eigenvalue weighted by atomic mass is 19.1. The van der Waals surface area contributed by atoms with Gasteiger partial charge in [0.05, 0.1) is 5.92 Å². The molecule has 0 saturated heterocycles. The molecule has 1 amide bonds. The summed E-state index contributed by atoms with van der Waals surface area (Å²) in [6, 6.07) is 5.29. The van der Waals surface area contributed by atoms with E-state index in [1.54, 1.807) is 13.8 Å². The number of ether oxygens (including phenoxy) is 1. The van der Waals surface area contributed by atoms with Crippen LogP contribution in [0.4, 0.5) is 4.39 Å². The van der Waals surface area contributed by atoms with Crippen LogP contribution in [0.15, 0.2) is 24.3 Å². The standard InChI is InChI=1S/C16H20FNO4/c1-16(2,22-13-7-4-11(17)5-8-13)15(21)18-12-6-3-10(9-12)14(19)20/h4-5,7-8,10,12H,3,6,9H2,1-2H3,(H,18,21)(H,19,20)/t10-,12+/m1/s1. The molecule has 6 heteroatoms. The molecule has 1 saturated carbocycles. The van der Waals surface area contributed by atoms with Crippen LogP contribution in [0.3, 0.4) is 0 Å². The summed E-state index contributed by atoms with van der Waals surface area (Å²) < 4.78 is 18.5. The molecule has 0 radical (unpaired) electrons. The topological polar surface area (TPSA) is 75.6 Å². The van der Waals surface area contributed by atoms with Crippen LogP contribution in [0.5, 0.6) is 5.75 Å². The fourth-order valence-electron chi connectivity index (χ4n) is 2.54. The highest BCUT2D eigenvalue weighted by Crippen LogP contribution is 2.26. The van der Waals surface area contributed by atoms with Crippen LogP contribution in [0.2, 0.25) is 0 Å². The molecular formula is C16H20FNO4. The van der Waals surface area contributed by atoms with E-state index >= 15 is 0 Å². The lowest BCUT2D eigenvalue weighted by molar-refractivity contribution is -0.142. The highest BCUT2D eigenvalue weighted by molar-refractivity contribution is 5.85. The predicted octanol–water partition coefficient (Wildman–Crippen LogP) is 2.35. The first-order valence-electron chi connectivity index (χ1n) is 7.26. The third-order valence-corrected chi connectivity index (χ3v) is 3.85. The Hall–Kier alpha value is -2.11. The summed E-state index contributed by atoms with van der Waals surface area (Å²) in [5, 5.41) is 11.8. The number of amides is 1. The van der Waals surface area contributed by atoms with Crippen molar-refractivity contribution in [3.63, 3.8) is 0 Å². The highest BCUT2D eigenvalue weighted by Gasteiger charge is 2.35. The number of carbonyl (C=O) groups excluding carboxylic acids is 1. The van der Waals surface area contributed by atoms with Crippen LogP contribution in [0, 0.1) is 11.7 Å². The zero-order valence-corrected chi connectivity index (χ0v) is 12.6. The minimum atomic E-state index is -1.13.